The second-order valence-electron chi connectivity index (χ2n) is 4.35. The molecule has 1 aliphatic rings. The summed E-state index contributed by atoms with van der Waals surface area (Å²) in [5.41, 5.74) is 2.14. The fourth-order valence-corrected chi connectivity index (χ4v) is 2.65. The number of nitrogens with one attached hydrogen (secondary N) is 1. The van der Waals surface area contributed by atoms with Crippen molar-refractivity contribution in [2.24, 2.45) is 0 Å². The van der Waals surface area contributed by atoms with E-state index in [2.05, 4.69) is 21.2 Å². The predicted molar refractivity (Wildman–Crippen MR) is 82.1 cm³/mol. The van der Waals surface area contributed by atoms with Gasteiger partial charge in [-0.1, -0.05) is 29.8 Å². The number of carbonyl (C=O) groups is 1. The van der Waals surface area contributed by atoms with Crippen molar-refractivity contribution in [2.75, 3.05) is 5.32 Å². The molecule has 0 spiro atoms. The minimum absolute atomic E-state index is 0.262. The first-order valence-corrected chi connectivity index (χ1v) is 7.00. The molecule has 1 amide bonds. The highest BCUT2D eigenvalue weighted by Crippen LogP contribution is 2.35. The molecule has 100 valence electrons. The summed E-state index contributed by atoms with van der Waals surface area (Å²) in [5.74, 6) is -0.656. The monoisotopic (exact) mass is 351 g/mol. The fraction of sp³-hybridized carbons (Fsp3) is 0. The van der Waals surface area contributed by atoms with Crippen molar-refractivity contribution in [3.63, 3.8) is 0 Å². The number of halogens is 3. The molecule has 2 nitrogen and oxygen atoms in total. The lowest BCUT2D eigenvalue weighted by atomic mass is 10.0. The topological polar surface area (TPSA) is 29.1 Å². The zero-order chi connectivity index (χ0) is 14.3. The average molecular weight is 353 g/mol. The van der Waals surface area contributed by atoms with Gasteiger partial charge in [0.2, 0.25) is 0 Å². The van der Waals surface area contributed by atoms with Gasteiger partial charge in [-0.3, -0.25) is 4.79 Å². The lowest BCUT2D eigenvalue weighted by Gasteiger charge is -2.02. The van der Waals surface area contributed by atoms with E-state index in [4.69, 9.17) is 11.6 Å². The van der Waals surface area contributed by atoms with Crippen LogP contribution >= 0.6 is 27.5 Å². The minimum atomic E-state index is -0.393. The Hall–Kier alpha value is -1.65. The van der Waals surface area contributed by atoms with Crippen LogP contribution in [0.2, 0.25) is 5.02 Å². The first-order valence-electron chi connectivity index (χ1n) is 5.83. The molecule has 0 fully saturated rings. The highest BCUT2D eigenvalue weighted by Gasteiger charge is 2.24. The van der Waals surface area contributed by atoms with Crippen LogP contribution in [0, 0.1) is 5.82 Å². The Bertz CT molecular complexity index is 758. The van der Waals surface area contributed by atoms with Crippen molar-refractivity contribution in [2.45, 2.75) is 0 Å². The number of hydrogen-bond donors (Lipinski definition) is 1. The van der Waals surface area contributed by atoms with E-state index in [1.54, 1.807) is 36.4 Å². The predicted octanol–water partition coefficient (Wildman–Crippen LogP) is 4.73. The van der Waals surface area contributed by atoms with Crippen LogP contribution in [0.4, 0.5) is 10.1 Å². The molecule has 0 atom stereocenters. The summed E-state index contributed by atoms with van der Waals surface area (Å²) in [6.45, 7) is 0. The van der Waals surface area contributed by atoms with Crippen LogP contribution in [0.3, 0.4) is 0 Å². The maximum Gasteiger partial charge on any atom is 0.256 e. The normalized spacial score (nSPS) is 15.3. The van der Waals surface area contributed by atoms with E-state index in [9.17, 15) is 9.18 Å². The SMILES string of the molecule is O=C1Nc2cc(Cl)ccc2C1=Cc1cccc(Br)c1F. The van der Waals surface area contributed by atoms with Gasteiger partial charge in [0.05, 0.1) is 10.2 Å². The molecule has 0 saturated heterocycles. The summed E-state index contributed by atoms with van der Waals surface area (Å²) in [5, 5.41) is 3.26. The number of hydrogen-bond acceptors (Lipinski definition) is 1. The van der Waals surface area contributed by atoms with Crippen LogP contribution in [-0.2, 0) is 4.79 Å². The molecule has 2 aromatic rings. The van der Waals surface area contributed by atoms with Gasteiger partial charge in [0.25, 0.3) is 5.91 Å². The first kappa shape index (κ1) is 13.3. The smallest absolute Gasteiger partial charge is 0.256 e. The Morgan fingerprint density at radius 1 is 1.25 bits per heavy atom. The second kappa shape index (κ2) is 5.04. The van der Waals surface area contributed by atoms with E-state index in [0.717, 1.165) is 5.56 Å². The summed E-state index contributed by atoms with van der Waals surface area (Å²) in [6.07, 6.45) is 1.54. The van der Waals surface area contributed by atoms with Crippen molar-refractivity contribution in [1.29, 1.82) is 0 Å². The zero-order valence-corrected chi connectivity index (χ0v) is 12.4. The maximum atomic E-state index is 14.0. The van der Waals surface area contributed by atoms with Gasteiger partial charge in [-0.2, -0.15) is 0 Å². The molecule has 0 aliphatic carbocycles. The van der Waals surface area contributed by atoms with Crippen molar-refractivity contribution in [1.82, 2.24) is 0 Å². The van der Waals surface area contributed by atoms with Gasteiger partial charge in [-0.25, -0.2) is 4.39 Å². The molecule has 0 aromatic heterocycles. The fourth-order valence-electron chi connectivity index (χ4n) is 2.10. The van der Waals surface area contributed by atoms with E-state index in [0.29, 0.717) is 26.3 Å². The van der Waals surface area contributed by atoms with Crippen LogP contribution in [0.5, 0.6) is 0 Å². The van der Waals surface area contributed by atoms with E-state index < -0.39 is 5.82 Å². The molecule has 0 saturated carbocycles. The van der Waals surface area contributed by atoms with Crippen molar-refractivity contribution < 1.29 is 9.18 Å². The molecule has 3 rings (SSSR count). The number of fused-ring (bicyclic) bond motifs is 1. The molecule has 0 radical (unpaired) electrons. The Balaban J connectivity index is 2.14. The third-order valence-electron chi connectivity index (χ3n) is 3.05. The third kappa shape index (κ3) is 2.25. The molecule has 0 bridgehead atoms. The Morgan fingerprint density at radius 3 is 2.85 bits per heavy atom. The standard InChI is InChI=1S/C15H8BrClFNO/c16-12-3-1-2-8(14(12)18)6-11-10-5-4-9(17)7-13(10)19-15(11)20/h1-7H,(H,19,20). The van der Waals surface area contributed by atoms with Gasteiger partial charge in [0.15, 0.2) is 0 Å². The van der Waals surface area contributed by atoms with E-state index in [1.165, 1.54) is 6.08 Å². The summed E-state index contributed by atoms with van der Waals surface area (Å²) in [4.78, 5) is 12.0. The van der Waals surface area contributed by atoms with E-state index in [1.807, 2.05) is 0 Å². The van der Waals surface area contributed by atoms with Crippen LogP contribution in [0.25, 0.3) is 11.6 Å². The van der Waals surface area contributed by atoms with Crippen LogP contribution < -0.4 is 5.32 Å². The highest BCUT2D eigenvalue weighted by molar-refractivity contribution is 9.10. The highest BCUT2D eigenvalue weighted by atomic mass is 79.9. The quantitative estimate of drug-likeness (QED) is 0.738. The van der Waals surface area contributed by atoms with Gasteiger partial charge >= 0.3 is 0 Å². The minimum Gasteiger partial charge on any atom is -0.321 e. The van der Waals surface area contributed by atoms with Crippen LogP contribution in [0.15, 0.2) is 40.9 Å². The lowest BCUT2D eigenvalue weighted by Crippen LogP contribution is -2.03. The molecular formula is C15H8BrClFNO. The van der Waals surface area contributed by atoms with Crippen molar-refractivity contribution >= 4 is 50.8 Å². The molecular weight excluding hydrogens is 345 g/mol. The summed E-state index contributed by atoms with van der Waals surface area (Å²) >= 11 is 9.02. The van der Waals surface area contributed by atoms with Crippen molar-refractivity contribution in [3.05, 3.63) is 62.8 Å². The molecule has 2 aromatic carbocycles. The van der Waals surface area contributed by atoms with Gasteiger partial charge in [0.1, 0.15) is 5.82 Å². The second-order valence-corrected chi connectivity index (χ2v) is 5.64. The molecule has 1 heterocycles. The van der Waals surface area contributed by atoms with Crippen molar-refractivity contribution in [3.8, 4) is 0 Å². The van der Waals surface area contributed by atoms with Crippen LogP contribution in [-0.4, -0.2) is 5.91 Å². The molecule has 1 aliphatic heterocycles. The molecule has 20 heavy (non-hydrogen) atoms. The first-order chi connectivity index (χ1) is 9.56. The van der Waals surface area contributed by atoms with Gasteiger partial charge in [-0.15, -0.1) is 0 Å². The third-order valence-corrected chi connectivity index (χ3v) is 3.89. The number of amides is 1. The Labute approximate surface area is 128 Å². The van der Waals surface area contributed by atoms with Gasteiger partial charge in [0, 0.05) is 21.7 Å². The molecule has 0 unspecified atom stereocenters. The molecule has 1 N–H and O–H groups in total. The zero-order valence-electron chi connectivity index (χ0n) is 10.1. The maximum absolute atomic E-state index is 14.0. The van der Waals surface area contributed by atoms with Crippen LogP contribution in [0.1, 0.15) is 11.1 Å². The summed E-state index contributed by atoms with van der Waals surface area (Å²) < 4.78 is 14.3. The Morgan fingerprint density at radius 2 is 2.05 bits per heavy atom. The van der Waals surface area contributed by atoms with Gasteiger partial charge in [-0.05, 0) is 40.2 Å². The van der Waals surface area contributed by atoms with E-state index in [-0.39, 0.29) is 5.91 Å². The number of carbonyl (C=O) groups excluding carboxylic acids is 1. The molecule has 5 heteroatoms. The summed E-state index contributed by atoms with van der Waals surface area (Å²) in [6, 6.07) is 10.1. The number of benzene rings is 2. The van der Waals surface area contributed by atoms with Gasteiger partial charge < -0.3 is 5.32 Å². The lowest BCUT2D eigenvalue weighted by molar-refractivity contribution is -0.110. The summed E-state index contributed by atoms with van der Waals surface area (Å²) in [7, 11) is 0. The number of rotatable bonds is 1. The average Bonchev–Trinajstić information content (AvgIpc) is 2.70. The number of anilines is 1. The largest absolute Gasteiger partial charge is 0.321 e. The van der Waals surface area contributed by atoms with E-state index >= 15 is 0 Å². The Kier molecular flexibility index (Phi) is 3.36.